The van der Waals surface area contributed by atoms with Crippen molar-refractivity contribution in [3.63, 3.8) is 0 Å². The zero-order valence-electron chi connectivity index (χ0n) is 17.9. The van der Waals surface area contributed by atoms with Crippen LogP contribution in [-0.4, -0.2) is 28.6 Å². The van der Waals surface area contributed by atoms with Crippen LogP contribution >= 0.6 is 15.9 Å². The monoisotopic (exact) mass is 523 g/mol. The van der Waals surface area contributed by atoms with Crippen molar-refractivity contribution in [2.45, 2.75) is 13.5 Å². The molecule has 0 radical (unpaired) electrons. The van der Waals surface area contributed by atoms with E-state index < -0.39 is 16.5 Å². The van der Waals surface area contributed by atoms with Crippen LogP contribution in [0.25, 0.3) is 0 Å². The number of carbonyl (C=O) groups excluding carboxylic acids is 1. The second kappa shape index (κ2) is 11.5. The number of ether oxygens (including phenoxy) is 2. The van der Waals surface area contributed by atoms with Crippen molar-refractivity contribution < 1.29 is 19.2 Å². The normalized spacial score (nSPS) is 10.5. The number of amides is 1. The van der Waals surface area contributed by atoms with E-state index in [9.17, 15) is 20.2 Å². The summed E-state index contributed by atoms with van der Waals surface area (Å²) in [6, 6.07) is 15.2. The Bertz CT molecular complexity index is 1290. The molecule has 1 heterocycles. The van der Waals surface area contributed by atoms with Gasteiger partial charge in [0.05, 0.1) is 29.4 Å². The van der Waals surface area contributed by atoms with Gasteiger partial charge in [-0.25, -0.2) is 10.4 Å². The largest absolute Gasteiger partial charge is 0.490 e. The standard InChI is InChI=1S/C23H18BrN5O5/c1-2-33-20-10-17(13-27-28-23(30)22-19(29(31)32)8-5-9-26-22)18(24)11-21(20)34-14-16-7-4-3-6-15(16)12-25/h3-11,13H,2,14H2,1H3,(H,28,30)/b27-13-. The van der Waals surface area contributed by atoms with E-state index in [1.54, 1.807) is 24.3 Å². The predicted octanol–water partition coefficient (Wildman–Crippen LogP) is 4.37. The molecular weight excluding hydrogens is 506 g/mol. The van der Waals surface area contributed by atoms with Crippen molar-refractivity contribution in [3.8, 4) is 17.6 Å². The van der Waals surface area contributed by atoms with Gasteiger partial charge in [0.15, 0.2) is 11.5 Å². The summed E-state index contributed by atoms with van der Waals surface area (Å²) in [5, 5.41) is 24.2. The Kier molecular flexibility index (Phi) is 8.26. The van der Waals surface area contributed by atoms with Crippen LogP contribution in [0.1, 0.15) is 34.1 Å². The van der Waals surface area contributed by atoms with E-state index in [-0.39, 0.29) is 12.3 Å². The van der Waals surface area contributed by atoms with E-state index in [1.807, 2.05) is 19.1 Å². The van der Waals surface area contributed by atoms with Crippen molar-refractivity contribution in [2.75, 3.05) is 6.61 Å². The van der Waals surface area contributed by atoms with Gasteiger partial charge in [-0.1, -0.05) is 18.2 Å². The average Bonchev–Trinajstić information content (AvgIpc) is 2.84. The molecule has 0 unspecified atom stereocenters. The Hall–Kier alpha value is -4.30. The molecule has 0 spiro atoms. The SMILES string of the molecule is CCOc1cc(/C=N\NC(=O)c2ncccc2[N+](=O)[O-])c(Br)cc1OCc1ccccc1C#N. The van der Waals surface area contributed by atoms with E-state index in [1.165, 1.54) is 24.5 Å². The van der Waals surface area contributed by atoms with Crippen molar-refractivity contribution in [1.82, 2.24) is 10.4 Å². The lowest BCUT2D eigenvalue weighted by molar-refractivity contribution is -0.385. The molecule has 0 aliphatic carbocycles. The maximum atomic E-state index is 12.3. The number of halogens is 1. The van der Waals surface area contributed by atoms with Crippen LogP contribution in [0.2, 0.25) is 0 Å². The van der Waals surface area contributed by atoms with Crippen molar-refractivity contribution in [3.05, 3.63) is 91.7 Å². The fourth-order valence-electron chi connectivity index (χ4n) is 2.87. The van der Waals surface area contributed by atoms with E-state index in [0.29, 0.717) is 33.7 Å². The summed E-state index contributed by atoms with van der Waals surface area (Å²) >= 11 is 3.44. The van der Waals surface area contributed by atoms with Gasteiger partial charge in [-0.2, -0.15) is 10.4 Å². The quantitative estimate of drug-likeness (QED) is 0.249. The van der Waals surface area contributed by atoms with Gasteiger partial charge in [0.1, 0.15) is 6.61 Å². The molecule has 3 rings (SSSR count). The Morgan fingerprint density at radius 1 is 1.26 bits per heavy atom. The van der Waals surface area contributed by atoms with Crippen LogP contribution in [0.4, 0.5) is 5.69 Å². The molecule has 10 nitrogen and oxygen atoms in total. The number of nitrogens with zero attached hydrogens (tertiary/aromatic N) is 4. The zero-order chi connectivity index (χ0) is 24.5. The summed E-state index contributed by atoms with van der Waals surface area (Å²) in [4.78, 5) is 26.4. The summed E-state index contributed by atoms with van der Waals surface area (Å²) < 4.78 is 12.2. The molecule has 0 bridgehead atoms. The van der Waals surface area contributed by atoms with E-state index in [0.717, 1.165) is 5.56 Å². The number of nitrogens with one attached hydrogen (secondary N) is 1. The third kappa shape index (κ3) is 5.93. The van der Waals surface area contributed by atoms with E-state index in [2.05, 4.69) is 37.5 Å². The van der Waals surface area contributed by atoms with Gasteiger partial charge in [0.25, 0.3) is 5.91 Å². The molecule has 1 aromatic heterocycles. The highest BCUT2D eigenvalue weighted by Gasteiger charge is 2.20. The zero-order valence-corrected chi connectivity index (χ0v) is 19.5. The van der Waals surface area contributed by atoms with Crippen LogP contribution in [0.3, 0.4) is 0 Å². The van der Waals surface area contributed by atoms with Crippen molar-refractivity contribution >= 4 is 33.7 Å². The van der Waals surface area contributed by atoms with Crippen molar-refractivity contribution in [2.24, 2.45) is 5.10 Å². The third-order valence-corrected chi connectivity index (χ3v) is 5.14. The minimum absolute atomic E-state index is 0.169. The van der Waals surface area contributed by atoms with Gasteiger partial charge in [-0.05, 0) is 47.1 Å². The number of pyridine rings is 1. The smallest absolute Gasteiger partial charge is 0.300 e. The number of hydrogen-bond donors (Lipinski definition) is 1. The number of nitriles is 1. The molecule has 0 saturated heterocycles. The molecule has 0 aliphatic heterocycles. The molecule has 0 atom stereocenters. The second-order valence-electron chi connectivity index (χ2n) is 6.64. The molecule has 0 saturated carbocycles. The average molecular weight is 524 g/mol. The molecule has 0 fully saturated rings. The Morgan fingerprint density at radius 3 is 2.76 bits per heavy atom. The summed E-state index contributed by atoms with van der Waals surface area (Å²) in [6.07, 6.45) is 2.64. The number of hydrazone groups is 1. The summed E-state index contributed by atoms with van der Waals surface area (Å²) in [5.74, 6) is 0.0702. The van der Waals surface area contributed by atoms with Gasteiger partial charge >= 0.3 is 5.69 Å². The molecule has 1 N–H and O–H groups in total. The number of rotatable bonds is 9. The molecular formula is C23H18BrN5O5. The number of aromatic nitrogens is 1. The summed E-state index contributed by atoms with van der Waals surface area (Å²) in [5.41, 5.74) is 3.28. The third-order valence-electron chi connectivity index (χ3n) is 4.45. The van der Waals surface area contributed by atoms with Crippen LogP contribution in [0.15, 0.2) is 64.3 Å². The first-order chi connectivity index (χ1) is 16.4. The molecule has 34 heavy (non-hydrogen) atoms. The summed E-state index contributed by atoms with van der Waals surface area (Å²) in [7, 11) is 0. The van der Waals surface area contributed by atoms with E-state index >= 15 is 0 Å². The molecule has 3 aromatic rings. The lowest BCUT2D eigenvalue weighted by atomic mass is 10.1. The van der Waals surface area contributed by atoms with Crippen LogP contribution in [0.5, 0.6) is 11.5 Å². The fraction of sp³-hybridized carbons (Fsp3) is 0.130. The van der Waals surface area contributed by atoms with Gasteiger partial charge in [-0.3, -0.25) is 14.9 Å². The highest BCUT2D eigenvalue weighted by Crippen LogP contribution is 2.34. The van der Waals surface area contributed by atoms with Crippen LogP contribution in [0, 0.1) is 21.4 Å². The fourth-order valence-corrected chi connectivity index (χ4v) is 3.30. The number of nitro groups is 1. The highest BCUT2D eigenvalue weighted by atomic mass is 79.9. The first-order valence-corrected chi connectivity index (χ1v) is 10.7. The van der Waals surface area contributed by atoms with Crippen LogP contribution < -0.4 is 14.9 Å². The first-order valence-electron chi connectivity index (χ1n) is 9.94. The Balaban J connectivity index is 1.77. The molecule has 172 valence electrons. The molecule has 1 amide bonds. The topological polar surface area (TPSA) is 140 Å². The predicted molar refractivity (Wildman–Crippen MR) is 127 cm³/mol. The highest BCUT2D eigenvalue weighted by molar-refractivity contribution is 9.10. The first kappa shape index (κ1) is 24.3. The van der Waals surface area contributed by atoms with E-state index in [4.69, 9.17) is 9.47 Å². The van der Waals surface area contributed by atoms with Gasteiger partial charge in [-0.15, -0.1) is 0 Å². The number of benzene rings is 2. The number of hydrogen-bond acceptors (Lipinski definition) is 8. The molecule has 2 aromatic carbocycles. The lowest BCUT2D eigenvalue weighted by Gasteiger charge is -2.14. The van der Waals surface area contributed by atoms with Crippen molar-refractivity contribution in [1.29, 1.82) is 5.26 Å². The van der Waals surface area contributed by atoms with Gasteiger partial charge in [0, 0.05) is 27.9 Å². The van der Waals surface area contributed by atoms with Crippen LogP contribution in [-0.2, 0) is 6.61 Å². The second-order valence-corrected chi connectivity index (χ2v) is 7.49. The summed E-state index contributed by atoms with van der Waals surface area (Å²) in [6.45, 7) is 2.37. The Morgan fingerprint density at radius 2 is 2.03 bits per heavy atom. The maximum absolute atomic E-state index is 12.3. The Labute approximate surface area is 203 Å². The lowest BCUT2D eigenvalue weighted by Crippen LogP contribution is -2.20. The molecule has 0 aliphatic rings. The van der Waals surface area contributed by atoms with Gasteiger partial charge in [0.2, 0.25) is 5.69 Å². The van der Waals surface area contributed by atoms with Gasteiger partial charge < -0.3 is 9.47 Å². The minimum Gasteiger partial charge on any atom is -0.490 e. The minimum atomic E-state index is -0.819. The molecule has 11 heteroatoms. The maximum Gasteiger partial charge on any atom is 0.300 e. The number of carbonyl (C=O) groups is 1.